The Hall–Kier alpha value is -0.260. The van der Waals surface area contributed by atoms with E-state index in [-0.39, 0.29) is 30.4 Å². The molecule has 3 N–H and O–H groups in total. The highest BCUT2D eigenvalue weighted by Gasteiger charge is 2.22. The van der Waals surface area contributed by atoms with Crippen molar-refractivity contribution in [2.75, 3.05) is 37.7 Å². The number of hydrogen-bond acceptors (Lipinski definition) is 6. The molecule has 1 heterocycles. The van der Waals surface area contributed by atoms with Crippen LogP contribution in [0, 0.1) is 0 Å². The lowest BCUT2D eigenvalue weighted by Crippen LogP contribution is -2.49. The van der Waals surface area contributed by atoms with E-state index in [2.05, 4.69) is 10.2 Å². The molecule has 1 aliphatic rings. The van der Waals surface area contributed by atoms with Crippen molar-refractivity contribution in [3.8, 4) is 0 Å². The molecule has 8 nitrogen and oxygen atoms in total. The SMILES string of the molecule is O=S(=O)(O)CCCC(CCS(=O)(=O)O)N1CCNCC1. The molecule has 0 bridgehead atoms. The molecular formula is C10H22N2O6S2. The highest BCUT2D eigenvalue weighted by atomic mass is 32.2. The predicted octanol–water partition coefficient (Wildman–Crippen LogP) is -0.794. The van der Waals surface area contributed by atoms with Gasteiger partial charge in [-0.3, -0.25) is 14.0 Å². The molecular weight excluding hydrogens is 308 g/mol. The Balaban J connectivity index is 2.53. The number of nitrogens with one attached hydrogen (secondary N) is 1. The van der Waals surface area contributed by atoms with Crippen LogP contribution in [0.15, 0.2) is 0 Å². The first kappa shape index (κ1) is 17.8. The van der Waals surface area contributed by atoms with E-state index in [1.165, 1.54) is 0 Å². The molecule has 1 fully saturated rings. The zero-order chi connectivity index (χ0) is 15.2. The van der Waals surface area contributed by atoms with Crippen molar-refractivity contribution in [2.45, 2.75) is 25.3 Å². The maximum absolute atomic E-state index is 10.8. The van der Waals surface area contributed by atoms with Crippen LogP contribution in [0.4, 0.5) is 0 Å². The molecule has 0 amide bonds. The maximum Gasteiger partial charge on any atom is 0.264 e. The molecule has 1 unspecified atom stereocenters. The molecule has 1 rings (SSSR count). The van der Waals surface area contributed by atoms with Gasteiger partial charge in [0.1, 0.15) is 0 Å². The Bertz CT molecular complexity index is 484. The van der Waals surface area contributed by atoms with Crippen LogP contribution in [0.25, 0.3) is 0 Å². The lowest BCUT2D eigenvalue weighted by atomic mass is 10.1. The summed E-state index contributed by atoms with van der Waals surface area (Å²) in [6, 6.07) is -0.110. The number of nitrogens with zero attached hydrogens (tertiary/aromatic N) is 1. The average molecular weight is 330 g/mol. The molecule has 1 atom stereocenters. The quantitative estimate of drug-likeness (QED) is 0.494. The second kappa shape index (κ2) is 7.66. The van der Waals surface area contributed by atoms with E-state index in [4.69, 9.17) is 9.11 Å². The zero-order valence-electron chi connectivity index (χ0n) is 11.2. The Kier molecular flexibility index (Phi) is 6.82. The first-order chi connectivity index (χ1) is 9.17. The lowest BCUT2D eigenvalue weighted by molar-refractivity contribution is 0.160. The van der Waals surface area contributed by atoms with E-state index in [0.717, 1.165) is 26.2 Å². The van der Waals surface area contributed by atoms with Gasteiger partial charge in [-0.25, -0.2) is 0 Å². The largest absolute Gasteiger partial charge is 0.314 e. The van der Waals surface area contributed by atoms with Gasteiger partial charge in [0.2, 0.25) is 0 Å². The summed E-state index contributed by atoms with van der Waals surface area (Å²) in [4.78, 5) is 2.09. The fraction of sp³-hybridized carbons (Fsp3) is 1.00. The lowest BCUT2D eigenvalue weighted by Gasteiger charge is -2.35. The van der Waals surface area contributed by atoms with Gasteiger partial charge in [-0.15, -0.1) is 0 Å². The van der Waals surface area contributed by atoms with Gasteiger partial charge in [0.05, 0.1) is 11.5 Å². The topological polar surface area (TPSA) is 124 Å². The molecule has 0 saturated carbocycles. The third-order valence-electron chi connectivity index (χ3n) is 3.32. The molecule has 0 aromatic heterocycles. The number of hydrogen-bond donors (Lipinski definition) is 3. The van der Waals surface area contributed by atoms with Crippen molar-refractivity contribution in [3.05, 3.63) is 0 Å². The monoisotopic (exact) mass is 330 g/mol. The van der Waals surface area contributed by atoms with E-state index < -0.39 is 20.2 Å². The molecule has 0 aromatic rings. The van der Waals surface area contributed by atoms with E-state index in [0.29, 0.717) is 6.42 Å². The molecule has 120 valence electrons. The van der Waals surface area contributed by atoms with Gasteiger partial charge in [0.15, 0.2) is 0 Å². The summed E-state index contributed by atoms with van der Waals surface area (Å²) >= 11 is 0. The van der Waals surface area contributed by atoms with Crippen LogP contribution in [0.2, 0.25) is 0 Å². The molecule has 0 aromatic carbocycles. The normalized spacial score (nSPS) is 19.9. The molecule has 0 aliphatic carbocycles. The van der Waals surface area contributed by atoms with Gasteiger partial charge in [-0.1, -0.05) is 0 Å². The second-order valence-electron chi connectivity index (χ2n) is 4.94. The van der Waals surface area contributed by atoms with E-state index >= 15 is 0 Å². The van der Waals surface area contributed by atoms with Crippen molar-refractivity contribution in [2.24, 2.45) is 0 Å². The van der Waals surface area contributed by atoms with Crippen LogP contribution in [0.5, 0.6) is 0 Å². The van der Waals surface area contributed by atoms with Gasteiger partial charge < -0.3 is 5.32 Å². The van der Waals surface area contributed by atoms with Crippen LogP contribution in [0.1, 0.15) is 19.3 Å². The smallest absolute Gasteiger partial charge is 0.264 e. The summed E-state index contributed by atoms with van der Waals surface area (Å²) in [5.74, 6) is -0.672. The minimum Gasteiger partial charge on any atom is -0.314 e. The van der Waals surface area contributed by atoms with Crippen LogP contribution in [-0.4, -0.2) is 74.6 Å². The first-order valence-electron chi connectivity index (χ1n) is 6.52. The van der Waals surface area contributed by atoms with Crippen LogP contribution in [-0.2, 0) is 20.2 Å². The van der Waals surface area contributed by atoms with Gasteiger partial charge in [-0.2, -0.15) is 16.8 Å². The zero-order valence-corrected chi connectivity index (χ0v) is 12.9. The second-order valence-corrected chi connectivity index (χ2v) is 8.09. The van der Waals surface area contributed by atoms with Gasteiger partial charge >= 0.3 is 0 Å². The van der Waals surface area contributed by atoms with Crippen molar-refractivity contribution < 1.29 is 25.9 Å². The summed E-state index contributed by atoms with van der Waals surface area (Å²) < 4.78 is 60.6. The fourth-order valence-corrected chi connectivity index (χ4v) is 3.44. The van der Waals surface area contributed by atoms with Crippen LogP contribution < -0.4 is 5.32 Å². The highest BCUT2D eigenvalue weighted by Crippen LogP contribution is 2.14. The Morgan fingerprint density at radius 1 is 0.950 bits per heavy atom. The van der Waals surface area contributed by atoms with E-state index in [9.17, 15) is 16.8 Å². The molecule has 0 radical (unpaired) electrons. The standard InChI is InChI=1S/C10H22N2O6S2/c13-19(14,15)8-1-2-10(3-9-20(16,17)18)12-6-4-11-5-7-12/h10-11H,1-9H2,(H,13,14,15)(H,16,17,18). The minimum atomic E-state index is -4.02. The minimum absolute atomic E-state index is 0.110. The van der Waals surface area contributed by atoms with Crippen molar-refractivity contribution >= 4 is 20.2 Å². The highest BCUT2D eigenvalue weighted by molar-refractivity contribution is 7.86. The van der Waals surface area contributed by atoms with Crippen molar-refractivity contribution in [3.63, 3.8) is 0 Å². The molecule has 1 aliphatic heterocycles. The molecule has 0 spiro atoms. The van der Waals surface area contributed by atoms with Crippen LogP contribution in [0.3, 0.4) is 0 Å². The average Bonchev–Trinajstić information content (AvgIpc) is 2.32. The van der Waals surface area contributed by atoms with Gasteiger partial charge in [-0.05, 0) is 19.3 Å². The van der Waals surface area contributed by atoms with Crippen molar-refractivity contribution in [1.82, 2.24) is 10.2 Å². The Labute approximate surface area is 120 Å². The number of piperazine rings is 1. The predicted molar refractivity (Wildman–Crippen MR) is 74.9 cm³/mol. The first-order valence-corrected chi connectivity index (χ1v) is 9.74. The fourth-order valence-electron chi connectivity index (χ4n) is 2.34. The summed E-state index contributed by atoms with van der Waals surface area (Å²) in [7, 11) is -8.01. The summed E-state index contributed by atoms with van der Waals surface area (Å²) in [5, 5.41) is 3.18. The van der Waals surface area contributed by atoms with Gasteiger partial charge in [0, 0.05) is 32.2 Å². The van der Waals surface area contributed by atoms with E-state index in [1.54, 1.807) is 0 Å². The molecule has 1 saturated heterocycles. The number of rotatable bonds is 8. The third kappa shape index (κ3) is 8.12. The Morgan fingerprint density at radius 3 is 2.00 bits per heavy atom. The molecule has 20 heavy (non-hydrogen) atoms. The van der Waals surface area contributed by atoms with Crippen LogP contribution >= 0.6 is 0 Å². The Morgan fingerprint density at radius 2 is 1.50 bits per heavy atom. The maximum atomic E-state index is 10.8. The third-order valence-corrected chi connectivity index (χ3v) is 4.87. The van der Waals surface area contributed by atoms with E-state index in [1.807, 2.05) is 0 Å². The summed E-state index contributed by atoms with van der Waals surface area (Å²) in [6.45, 7) is 3.09. The van der Waals surface area contributed by atoms with Crippen molar-refractivity contribution in [1.29, 1.82) is 0 Å². The summed E-state index contributed by atoms with van der Waals surface area (Å²) in [5.41, 5.74) is 0. The summed E-state index contributed by atoms with van der Waals surface area (Å²) in [6.07, 6.45) is 0.985. The molecule has 10 heteroatoms. The van der Waals surface area contributed by atoms with Gasteiger partial charge in [0.25, 0.3) is 20.2 Å².